The van der Waals surface area contributed by atoms with Crippen molar-refractivity contribution in [2.24, 2.45) is 0 Å². The summed E-state index contributed by atoms with van der Waals surface area (Å²) in [5, 5.41) is 5.39. The van der Waals surface area contributed by atoms with Gasteiger partial charge in [-0.1, -0.05) is 0 Å². The summed E-state index contributed by atoms with van der Waals surface area (Å²) < 4.78 is 0.571. The van der Waals surface area contributed by atoms with Gasteiger partial charge in [0, 0.05) is 0 Å². The molecular weight excluding hydrogens is 798 g/mol. The van der Waals surface area contributed by atoms with Crippen LogP contribution < -0.4 is 0 Å². The van der Waals surface area contributed by atoms with E-state index in [0.29, 0.717) is 10.0 Å². The Morgan fingerprint density at radius 2 is 0.923 bits per heavy atom. The van der Waals surface area contributed by atoms with E-state index in [9.17, 15) is 0 Å². The number of halogens is 4. The number of fused-ring (bicyclic) bond motifs is 5. The summed E-state index contributed by atoms with van der Waals surface area (Å²) in [5.41, 5.74) is 9.40. The fourth-order valence-corrected chi connectivity index (χ4v) is 28.4. The van der Waals surface area contributed by atoms with E-state index in [1.807, 2.05) is 24.3 Å². The zero-order chi connectivity index (χ0) is 36.8. The molecule has 52 heavy (non-hydrogen) atoms. The summed E-state index contributed by atoms with van der Waals surface area (Å²) in [4.78, 5) is 0. The van der Waals surface area contributed by atoms with Crippen molar-refractivity contribution in [3.05, 3.63) is 177 Å². The Morgan fingerprint density at radius 1 is 0.519 bits per heavy atom. The zero-order valence-electron chi connectivity index (χ0n) is 30.4. The number of benzene rings is 6. The van der Waals surface area contributed by atoms with E-state index < -0.39 is 15.9 Å². The first kappa shape index (κ1) is 36.2. The van der Waals surface area contributed by atoms with Crippen LogP contribution in [0.5, 0.6) is 0 Å². The van der Waals surface area contributed by atoms with E-state index in [4.69, 9.17) is 40.2 Å². The summed E-state index contributed by atoms with van der Waals surface area (Å²) in [6.45, 7) is 13.7. The second-order valence-corrected chi connectivity index (χ2v) is 38.2. The number of rotatable bonds is 4. The van der Waals surface area contributed by atoms with Crippen molar-refractivity contribution in [3.8, 4) is 11.1 Å². The molecule has 6 aromatic carbocycles. The van der Waals surface area contributed by atoms with E-state index in [2.05, 4.69) is 151 Å². The average molecular weight is 840 g/mol. The first-order valence-electron chi connectivity index (χ1n) is 18.0. The van der Waals surface area contributed by atoms with Crippen LogP contribution in [0, 0.1) is 0 Å². The predicted molar refractivity (Wildman–Crippen MR) is 226 cm³/mol. The summed E-state index contributed by atoms with van der Waals surface area (Å²) in [6.07, 6.45) is 8.71. The Bertz CT molecular complexity index is 2420. The molecule has 0 fully saturated rings. The summed E-state index contributed by atoms with van der Waals surface area (Å²) in [5.74, 6) is 0. The van der Waals surface area contributed by atoms with Gasteiger partial charge in [-0.15, -0.1) is 0 Å². The second kappa shape index (κ2) is 12.6. The molecule has 0 spiro atoms. The van der Waals surface area contributed by atoms with Crippen molar-refractivity contribution in [1.29, 1.82) is 0 Å². The van der Waals surface area contributed by atoms with Crippen LogP contribution in [0.25, 0.3) is 32.7 Å². The first-order valence-corrected chi connectivity index (χ1v) is 29.2. The van der Waals surface area contributed by atoms with Crippen LogP contribution >= 0.6 is 40.2 Å². The van der Waals surface area contributed by atoms with Gasteiger partial charge in [-0.05, 0) is 0 Å². The number of allylic oxidation sites excluding steroid dienone is 4. The van der Waals surface area contributed by atoms with Crippen LogP contribution in [0.1, 0.15) is 78.5 Å². The Labute approximate surface area is 325 Å². The van der Waals surface area contributed by atoms with Crippen LogP contribution in [0.15, 0.2) is 133 Å². The van der Waals surface area contributed by atoms with Crippen LogP contribution in [-0.2, 0) is 26.7 Å². The third-order valence-electron chi connectivity index (χ3n) is 11.4. The van der Waals surface area contributed by atoms with Crippen molar-refractivity contribution in [1.82, 2.24) is 0 Å². The van der Waals surface area contributed by atoms with Crippen LogP contribution in [0.3, 0.4) is 0 Å². The molecule has 0 saturated carbocycles. The van der Waals surface area contributed by atoms with Crippen molar-refractivity contribution in [3.63, 3.8) is 0 Å². The van der Waals surface area contributed by atoms with Crippen molar-refractivity contribution < 1.29 is 15.9 Å². The second-order valence-electron chi connectivity index (χ2n) is 16.6. The van der Waals surface area contributed by atoms with Crippen LogP contribution in [0.2, 0.25) is 13.7 Å². The average Bonchev–Trinajstić information content (AvgIpc) is 3.78. The number of hydrogen-bond acceptors (Lipinski definition) is 0. The van der Waals surface area contributed by atoms with Gasteiger partial charge in [0.2, 0.25) is 0 Å². The molecule has 0 aliphatic heterocycles. The third-order valence-corrected chi connectivity index (χ3v) is 31.6. The van der Waals surface area contributed by atoms with Gasteiger partial charge in [-0.3, -0.25) is 0 Å². The van der Waals surface area contributed by atoms with Crippen molar-refractivity contribution >= 4 is 65.0 Å². The summed E-state index contributed by atoms with van der Waals surface area (Å²) >= 11 is 8.15. The Morgan fingerprint density at radius 3 is 1.33 bits per heavy atom. The van der Waals surface area contributed by atoms with Crippen LogP contribution in [0.4, 0.5) is 0 Å². The number of hydrogen-bond donors (Lipinski definition) is 0. The molecule has 0 nitrogen and oxygen atoms in total. The maximum atomic E-state index is 9.01. The zero-order valence-corrected chi connectivity index (χ0v) is 35.9. The van der Waals surface area contributed by atoms with Gasteiger partial charge in [0.15, 0.2) is 0 Å². The molecule has 0 aromatic heterocycles. The first-order chi connectivity index (χ1) is 24.6. The minimum absolute atomic E-state index is 0.0342. The molecule has 0 N–H and O–H groups in total. The fourth-order valence-electron chi connectivity index (χ4n) is 8.66. The molecule has 0 atom stereocenters. The van der Waals surface area contributed by atoms with Crippen molar-refractivity contribution in [2.45, 2.75) is 59.6 Å². The minimum atomic E-state index is -5.72. The molecule has 0 radical (unpaired) electrons. The molecule has 0 amide bonds. The van der Waals surface area contributed by atoms with Gasteiger partial charge in [-0.2, -0.15) is 0 Å². The van der Waals surface area contributed by atoms with Gasteiger partial charge < -0.3 is 0 Å². The molecule has 0 heterocycles. The normalized spacial score (nSPS) is 15.1. The SMILES string of the molecule is CC(C)(C)c1ccc2c(c1)-c1cc(C(C)(C)C)ccc1[CH]2[Zr]([Cl])([Cl])(=[C](c1ccc(Cl)c2ccccc12)c1ccc(Cl)c2ccccc12)[CH]1C=CC=C1. The van der Waals surface area contributed by atoms with E-state index in [0.717, 1.165) is 35.9 Å². The Balaban J connectivity index is 1.63. The summed E-state index contributed by atoms with van der Waals surface area (Å²) in [7, 11) is 18.0. The maximum absolute atomic E-state index is 9.01. The Hall–Kier alpha value is -2.77. The molecule has 0 saturated heterocycles. The standard InChI is InChI=1S/C21H12Cl2.C21H25.C5H5.2ClH.Zr/c22-20-11-9-14(16-5-1-3-7-18(16)20)13-15-10-12-21(23)19-8-4-2-6-17(15)19;1-20(2,3)16-9-7-14-11-15-8-10-17(21(4,5)6)13-19(15)18(14)12-16;1-2-4-5-3-1;;;/h1-12H;7-13H,1-6H3;1-5H;2*1H;/q;;;;;+2/p-2. The van der Waals surface area contributed by atoms with E-state index in [1.165, 1.54) is 33.4 Å². The van der Waals surface area contributed by atoms with Gasteiger partial charge in [-0.25, -0.2) is 0 Å². The molecule has 8 rings (SSSR count). The molecule has 2 aliphatic rings. The van der Waals surface area contributed by atoms with Crippen molar-refractivity contribution in [2.75, 3.05) is 0 Å². The third kappa shape index (κ3) is 5.60. The monoisotopic (exact) mass is 836 g/mol. The fraction of sp³-hybridized carbons (Fsp3) is 0.213. The van der Waals surface area contributed by atoms with E-state index >= 15 is 0 Å². The Kier molecular flexibility index (Phi) is 8.81. The summed E-state index contributed by atoms with van der Waals surface area (Å²) in [6, 6.07) is 39.0. The van der Waals surface area contributed by atoms with E-state index in [1.54, 1.807) is 0 Å². The van der Waals surface area contributed by atoms with Gasteiger partial charge in [0.1, 0.15) is 0 Å². The molecular formula is C47H42Cl4Zr. The molecule has 0 bridgehead atoms. The molecule has 2 aliphatic carbocycles. The van der Waals surface area contributed by atoms with Gasteiger partial charge in [0.25, 0.3) is 0 Å². The predicted octanol–water partition coefficient (Wildman–Crippen LogP) is 15.1. The molecule has 262 valence electrons. The molecule has 6 aromatic rings. The van der Waals surface area contributed by atoms with Gasteiger partial charge >= 0.3 is 329 Å². The molecule has 5 heteroatoms. The van der Waals surface area contributed by atoms with E-state index in [-0.39, 0.29) is 18.1 Å². The molecule has 0 unspecified atom stereocenters. The quantitative estimate of drug-likeness (QED) is 0.166. The van der Waals surface area contributed by atoms with Crippen LogP contribution in [-0.4, -0.2) is 3.21 Å². The van der Waals surface area contributed by atoms with Gasteiger partial charge in [0.05, 0.1) is 0 Å². The topological polar surface area (TPSA) is 0 Å².